The average molecular weight is 462 g/mol. The number of methoxy groups -OCH3 is 1. The largest absolute Gasteiger partial charge is 0.494 e. The predicted molar refractivity (Wildman–Crippen MR) is 116 cm³/mol. The molecule has 0 spiro atoms. The van der Waals surface area contributed by atoms with Gasteiger partial charge in [-0.25, -0.2) is 4.98 Å². The number of anilines is 1. The predicted octanol–water partition coefficient (Wildman–Crippen LogP) is 3.77. The van der Waals surface area contributed by atoms with Crippen LogP contribution in [0.4, 0.5) is 5.13 Å². The van der Waals surface area contributed by atoms with Gasteiger partial charge in [-0.3, -0.25) is 15.1 Å². The Labute approximate surface area is 187 Å². The first-order valence-corrected chi connectivity index (χ1v) is 10.7. The highest BCUT2D eigenvalue weighted by Crippen LogP contribution is 2.34. The topological polar surface area (TPSA) is 108 Å². The third kappa shape index (κ3) is 4.76. The normalized spacial score (nSPS) is 18.1. The molecule has 4 heterocycles. The minimum atomic E-state index is -0.391. The number of hydrogen-bond acceptors (Lipinski definition) is 9. The van der Waals surface area contributed by atoms with Crippen LogP contribution in [0, 0.1) is 6.92 Å². The van der Waals surface area contributed by atoms with Gasteiger partial charge in [0.25, 0.3) is 11.1 Å². The molecule has 1 fully saturated rings. The van der Waals surface area contributed by atoms with Crippen molar-refractivity contribution in [3.05, 3.63) is 40.9 Å². The standard InChI is InChI=1S/C20H20ClN5O4S/c1-10-6-12(13-7-17(21)23-9-16(13)28-3)14(8-22-10)18(27)24-19-25-26-20(31-19)30-15-4-5-29-11(15)2/h6-9,11,15H,4-5H2,1-3H3,(H,24,25,27)/t11-,15-/m0/s1. The van der Waals surface area contributed by atoms with Crippen LogP contribution in [0.25, 0.3) is 11.1 Å². The molecular weight excluding hydrogens is 442 g/mol. The van der Waals surface area contributed by atoms with E-state index in [1.165, 1.54) is 19.5 Å². The number of nitrogens with zero attached hydrogens (tertiary/aromatic N) is 4. The van der Waals surface area contributed by atoms with E-state index in [9.17, 15) is 4.79 Å². The zero-order valence-electron chi connectivity index (χ0n) is 17.1. The quantitative estimate of drug-likeness (QED) is 0.552. The smallest absolute Gasteiger partial charge is 0.296 e. The number of carbonyl (C=O) groups is 1. The van der Waals surface area contributed by atoms with E-state index in [1.807, 2.05) is 13.8 Å². The Morgan fingerprint density at radius 3 is 2.84 bits per heavy atom. The third-order valence-corrected chi connectivity index (χ3v) is 5.75. The first-order chi connectivity index (χ1) is 14.9. The molecule has 1 aliphatic heterocycles. The molecule has 9 nitrogen and oxygen atoms in total. The molecule has 0 aliphatic carbocycles. The molecule has 162 valence electrons. The lowest BCUT2D eigenvalue weighted by atomic mass is 10.0. The van der Waals surface area contributed by atoms with Crippen LogP contribution in [0.2, 0.25) is 5.15 Å². The van der Waals surface area contributed by atoms with E-state index in [2.05, 4.69) is 25.5 Å². The fraction of sp³-hybridized carbons (Fsp3) is 0.350. The van der Waals surface area contributed by atoms with Gasteiger partial charge in [-0.2, -0.15) is 0 Å². The van der Waals surface area contributed by atoms with E-state index in [-0.39, 0.29) is 17.4 Å². The SMILES string of the molecule is COc1cnc(Cl)cc1-c1cc(C)ncc1C(=O)Nc1nnc(O[C@H]2CCO[C@H]2C)s1. The van der Waals surface area contributed by atoms with E-state index in [4.69, 9.17) is 25.8 Å². The number of pyridine rings is 2. The van der Waals surface area contributed by atoms with Crippen LogP contribution >= 0.6 is 22.9 Å². The van der Waals surface area contributed by atoms with Crippen LogP contribution in [0.5, 0.6) is 10.9 Å². The summed E-state index contributed by atoms with van der Waals surface area (Å²) >= 11 is 7.24. The second kappa shape index (κ2) is 9.13. The zero-order chi connectivity index (χ0) is 22.0. The van der Waals surface area contributed by atoms with Crippen molar-refractivity contribution in [2.24, 2.45) is 0 Å². The second-order valence-electron chi connectivity index (χ2n) is 6.93. The molecule has 3 aromatic rings. The van der Waals surface area contributed by atoms with Gasteiger partial charge in [-0.15, -0.1) is 5.10 Å². The summed E-state index contributed by atoms with van der Waals surface area (Å²) < 4.78 is 16.7. The van der Waals surface area contributed by atoms with Crippen LogP contribution in [-0.4, -0.2) is 52.0 Å². The molecule has 0 bridgehead atoms. The van der Waals surface area contributed by atoms with Crippen LogP contribution in [-0.2, 0) is 4.74 Å². The monoisotopic (exact) mass is 461 g/mol. The van der Waals surface area contributed by atoms with Crippen molar-refractivity contribution in [2.75, 3.05) is 19.0 Å². The maximum Gasteiger partial charge on any atom is 0.296 e. The first kappa shape index (κ1) is 21.4. The summed E-state index contributed by atoms with van der Waals surface area (Å²) in [6.07, 6.45) is 3.72. The lowest BCUT2D eigenvalue weighted by Gasteiger charge is -2.13. The highest BCUT2D eigenvalue weighted by atomic mass is 35.5. The Morgan fingerprint density at radius 1 is 1.26 bits per heavy atom. The zero-order valence-corrected chi connectivity index (χ0v) is 18.7. The van der Waals surface area contributed by atoms with E-state index >= 15 is 0 Å². The maximum atomic E-state index is 13.0. The Morgan fingerprint density at radius 2 is 2.10 bits per heavy atom. The Kier molecular flexibility index (Phi) is 6.30. The van der Waals surface area contributed by atoms with Crippen molar-refractivity contribution < 1.29 is 19.0 Å². The number of ether oxygens (including phenoxy) is 3. The number of aryl methyl sites for hydroxylation is 1. The molecule has 3 aromatic heterocycles. The van der Waals surface area contributed by atoms with Gasteiger partial charge in [0.2, 0.25) is 5.13 Å². The van der Waals surface area contributed by atoms with Crippen LogP contribution < -0.4 is 14.8 Å². The van der Waals surface area contributed by atoms with Gasteiger partial charge in [0.15, 0.2) is 0 Å². The summed E-state index contributed by atoms with van der Waals surface area (Å²) in [4.78, 5) is 21.3. The van der Waals surface area contributed by atoms with Crippen molar-refractivity contribution in [1.82, 2.24) is 20.2 Å². The van der Waals surface area contributed by atoms with Crippen LogP contribution in [0.15, 0.2) is 24.5 Å². The summed E-state index contributed by atoms with van der Waals surface area (Å²) in [7, 11) is 1.53. The summed E-state index contributed by atoms with van der Waals surface area (Å²) in [5, 5.41) is 11.8. The molecule has 1 saturated heterocycles. The van der Waals surface area contributed by atoms with Gasteiger partial charge in [-0.05, 0) is 37.3 Å². The van der Waals surface area contributed by atoms with Gasteiger partial charge < -0.3 is 14.2 Å². The highest BCUT2D eigenvalue weighted by molar-refractivity contribution is 7.17. The van der Waals surface area contributed by atoms with E-state index in [0.29, 0.717) is 39.4 Å². The fourth-order valence-electron chi connectivity index (χ4n) is 3.22. The molecule has 4 rings (SSSR count). The van der Waals surface area contributed by atoms with Gasteiger partial charge in [0, 0.05) is 29.4 Å². The Balaban J connectivity index is 1.58. The highest BCUT2D eigenvalue weighted by Gasteiger charge is 2.27. The van der Waals surface area contributed by atoms with Gasteiger partial charge in [0.1, 0.15) is 17.0 Å². The minimum Gasteiger partial charge on any atom is -0.494 e. The van der Waals surface area contributed by atoms with Crippen LogP contribution in [0.3, 0.4) is 0 Å². The minimum absolute atomic E-state index is 0.00898. The number of aromatic nitrogens is 4. The van der Waals surface area contributed by atoms with Crippen molar-refractivity contribution in [3.8, 4) is 22.1 Å². The Hall–Kier alpha value is -2.82. The molecule has 31 heavy (non-hydrogen) atoms. The van der Waals surface area contributed by atoms with Gasteiger partial charge in [-0.1, -0.05) is 16.7 Å². The van der Waals surface area contributed by atoms with Crippen molar-refractivity contribution in [2.45, 2.75) is 32.5 Å². The molecule has 0 unspecified atom stereocenters. The van der Waals surface area contributed by atoms with E-state index in [1.54, 1.807) is 12.1 Å². The summed E-state index contributed by atoms with van der Waals surface area (Å²) in [5.41, 5.74) is 2.32. The van der Waals surface area contributed by atoms with Crippen molar-refractivity contribution >= 4 is 34.0 Å². The molecule has 2 atom stereocenters. The van der Waals surface area contributed by atoms with Crippen molar-refractivity contribution in [3.63, 3.8) is 0 Å². The lowest BCUT2D eigenvalue weighted by Crippen LogP contribution is -2.24. The first-order valence-electron chi connectivity index (χ1n) is 9.54. The van der Waals surface area contributed by atoms with Crippen LogP contribution in [0.1, 0.15) is 29.4 Å². The van der Waals surface area contributed by atoms with E-state index in [0.717, 1.165) is 23.5 Å². The molecule has 0 radical (unpaired) electrons. The molecular formula is C20H20ClN5O4S. The molecule has 1 amide bonds. The summed E-state index contributed by atoms with van der Waals surface area (Å²) in [6.45, 7) is 4.44. The Bertz CT molecular complexity index is 1110. The number of nitrogens with one attached hydrogen (secondary N) is 1. The van der Waals surface area contributed by atoms with Gasteiger partial charge >= 0.3 is 0 Å². The number of halogens is 1. The molecule has 1 aliphatic rings. The third-order valence-electron chi connectivity index (χ3n) is 4.82. The average Bonchev–Trinajstić information content (AvgIpc) is 3.36. The number of rotatable bonds is 6. The lowest BCUT2D eigenvalue weighted by molar-refractivity contribution is 0.0669. The number of hydrogen-bond donors (Lipinski definition) is 1. The van der Waals surface area contributed by atoms with E-state index < -0.39 is 5.91 Å². The van der Waals surface area contributed by atoms with Gasteiger partial charge in [0.05, 0.1) is 31.6 Å². The summed E-state index contributed by atoms with van der Waals surface area (Å²) in [6, 6.07) is 3.44. The second-order valence-corrected chi connectivity index (χ2v) is 8.25. The molecule has 0 aromatic carbocycles. The maximum absolute atomic E-state index is 13.0. The molecule has 1 N–H and O–H groups in total. The number of carbonyl (C=O) groups excluding carboxylic acids is 1. The fourth-order valence-corrected chi connectivity index (χ4v) is 4.02. The number of amides is 1. The molecule has 0 saturated carbocycles. The summed E-state index contributed by atoms with van der Waals surface area (Å²) in [5.74, 6) is 0.0984. The van der Waals surface area contributed by atoms with Crippen molar-refractivity contribution in [1.29, 1.82) is 0 Å². The molecule has 11 heteroatoms.